The van der Waals surface area contributed by atoms with Crippen molar-refractivity contribution < 1.29 is 22.5 Å². The normalized spacial score (nSPS) is 20.5. The van der Waals surface area contributed by atoms with E-state index in [1.165, 1.54) is 12.1 Å². The van der Waals surface area contributed by atoms with E-state index in [9.17, 15) is 13.2 Å². The molecular formula is C16H22BF3N2O2. The smallest absolute Gasteiger partial charge is 0.400 e. The van der Waals surface area contributed by atoms with Crippen LogP contribution in [0.5, 0.6) is 0 Å². The molecule has 0 saturated carbocycles. The SMILES string of the molecule is CC1(C)OB(C(=Cc2cc(N)cc(C(F)(F)F)c2)CN)OC1(C)C. The summed E-state index contributed by atoms with van der Waals surface area (Å²) in [6.45, 7) is 7.66. The van der Waals surface area contributed by atoms with Crippen LogP contribution in [0.15, 0.2) is 23.7 Å². The summed E-state index contributed by atoms with van der Waals surface area (Å²) >= 11 is 0. The maximum atomic E-state index is 12.9. The Morgan fingerprint density at radius 3 is 2.12 bits per heavy atom. The third-order valence-electron chi connectivity index (χ3n) is 4.45. The van der Waals surface area contributed by atoms with E-state index in [0.29, 0.717) is 11.0 Å². The summed E-state index contributed by atoms with van der Waals surface area (Å²) in [6.07, 6.45) is -2.93. The van der Waals surface area contributed by atoms with Gasteiger partial charge in [-0.25, -0.2) is 0 Å². The third-order valence-corrected chi connectivity index (χ3v) is 4.45. The molecule has 8 heteroatoms. The van der Waals surface area contributed by atoms with E-state index in [4.69, 9.17) is 20.8 Å². The van der Waals surface area contributed by atoms with Crippen molar-refractivity contribution in [3.8, 4) is 0 Å². The Hall–Kier alpha value is -1.51. The van der Waals surface area contributed by atoms with Crippen LogP contribution in [0.1, 0.15) is 38.8 Å². The number of nitrogen functional groups attached to an aromatic ring is 1. The molecule has 1 saturated heterocycles. The van der Waals surface area contributed by atoms with Gasteiger partial charge in [0.15, 0.2) is 0 Å². The zero-order valence-electron chi connectivity index (χ0n) is 14.2. The van der Waals surface area contributed by atoms with Crippen molar-refractivity contribution in [3.05, 3.63) is 34.8 Å². The van der Waals surface area contributed by atoms with Crippen LogP contribution in [-0.4, -0.2) is 24.9 Å². The van der Waals surface area contributed by atoms with E-state index in [1.54, 1.807) is 0 Å². The highest BCUT2D eigenvalue weighted by Crippen LogP contribution is 2.39. The number of alkyl halides is 3. The fourth-order valence-corrected chi connectivity index (χ4v) is 2.36. The van der Waals surface area contributed by atoms with Crippen molar-refractivity contribution in [2.75, 3.05) is 12.3 Å². The molecule has 0 aliphatic carbocycles. The molecule has 1 aliphatic heterocycles. The van der Waals surface area contributed by atoms with Crippen LogP contribution in [-0.2, 0) is 15.5 Å². The first-order valence-corrected chi connectivity index (χ1v) is 7.60. The van der Waals surface area contributed by atoms with E-state index in [1.807, 2.05) is 27.7 Å². The van der Waals surface area contributed by atoms with Gasteiger partial charge in [-0.3, -0.25) is 0 Å². The highest BCUT2D eigenvalue weighted by atomic mass is 19.4. The Bertz CT molecular complexity index is 641. The second-order valence-electron chi connectivity index (χ2n) is 6.90. The summed E-state index contributed by atoms with van der Waals surface area (Å²) in [5.74, 6) is 0. The monoisotopic (exact) mass is 342 g/mol. The van der Waals surface area contributed by atoms with Crippen molar-refractivity contribution in [1.82, 2.24) is 0 Å². The summed E-state index contributed by atoms with van der Waals surface area (Å²) in [5.41, 5.74) is 10.3. The van der Waals surface area contributed by atoms with Gasteiger partial charge in [0, 0.05) is 12.2 Å². The van der Waals surface area contributed by atoms with Gasteiger partial charge < -0.3 is 20.8 Å². The molecule has 0 spiro atoms. The minimum absolute atomic E-state index is 0.0290. The van der Waals surface area contributed by atoms with E-state index < -0.39 is 30.1 Å². The van der Waals surface area contributed by atoms with Crippen LogP contribution >= 0.6 is 0 Å². The Morgan fingerprint density at radius 2 is 1.67 bits per heavy atom. The van der Waals surface area contributed by atoms with Crippen molar-refractivity contribution >= 4 is 18.9 Å². The Balaban J connectivity index is 2.37. The highest BCUT2D eigenvalue weighted by Gasteiger charge is 2.52. The van der Waals surface area contributed by atoms with E-state index in [-0.39, 0.29) is 12.2 Å². The Morgan fingerprint density at radius 1 is 1.12 bits per heavy atom. The largest absolute Gasteiger partial charge is 0.491 e. The molecule has 4 N–H and O–H groups in total. The molecule has 1 fully saturated rings. The minimum Gasteiger partial charge on any atom is -0.400 e. The van der Waals surface area contributed by atoms with Crippen molar-refractivity contribution in [1.29, 1.82) is 0 Å². The van der Waals surface area contributed by atoms with Crippen LogP contribution in [0.3, 0.4) is 0 Å². The standard InChI is InChI=1S/C16H22BF3N2O2/c1-14(2)15(3,4)24-17(23-14)12(9-21)6-10-5-11(16(18,19)20)8-13(22)7-10/h5-8H,9,21-22H2,1-4H3. The molecule has 0 atom stereocenters. The molecular weight excluding hydrogens is 320 g/mol. The molecule has 24 heavy (non-hydrogen) atoms. The van der Waals surface area contributed by atoms with Crippen LogP contribution in [0.2, 0.25) is 0 Å². The molecule has 1 heterocycles. The van der Waals surface area contributed by atoms with Gasteiger partial charge in [0.2, 0.25) is 0 Å². The number of anilines is 1. The van der Waals surface area contributed by atoms with Gasteiger partial charge in [-0.1, -0.05) is 6.08 Å². The second-order valence-corrected chi connectivity index (χ2v) is 6.90. The quantitative estimate of drug-likeness (QED) is 0.653. The molecule has 1 aromatic carbocycles. The number of rotatable bonds is 3. The summed E-state index contributed by atoms with van der Waals surface area (Å²) in [6, 6.07) is 3.38. The van der Waals surface area contributed by atoms with Gasteiger partial charge in [0.25, 0.3) is 0 Å². The second kappa shape index (κ2) is 6.09. The number of hydrogen-bond donors (Lipinski definition) is 2. The first kappa shape index (κ1) is 18.8. The van der Waals surface area contributed by atoms with E-state index in [0.717, 1.165) is 12.1 Å². The summed E-state index contributed by atoms with van der Waals surface area (Å²) in [4.78, 5) is 0. The average Bonchev–Trinajstić information content (AvgIpc) is 2.63. The molecule has 0 bridgehead atoms. The molecule has 2 rings (SSSR count). The molecule has 132 valence electrons. The maximum absolute atomic E-state index is 12.9. The Labute approximate surface area is 140 Å². The van der Waals surface area contributed by atoms with Gasteiger partial charge >= 0.3 is 13.3 Å². The molecule has 4 nitrogen and oxygen atoms in total. The van der Waals surface area contributed by atoms with Gasteiger partial charge in [-0.05, 0) is 56.9 Å². The highest BCUT2D eigenvalue weighted by molar-refractivity contribution is 6.55. The van der Waals surface area contributed by atoms with Gasteiger partial charge in [-0.15, -0.1) is 0 Å². The summed E-state index contributed by atoms with van der Waals surface area (Å²) in [5, 5.41) is 0. The number of halogens is 3. The van der Waals surface area contributed by atoms with Crippen LogP contribution < -0.4 is 11.5 Å². The predicted octanol–water partition coefficient (Wildman–Crippen LogP) is 3.26. The third kappa shape index (κ3) is 3.76. The van der Waals surface area contributed by atoms with Crippen LogP contribution in [0.25, 0.3) is 6.08 Å². The van der Waals surface area contributed by atoms with E-state index >= 15 is 0 Å². The topological polar surface area (TPSA) is 70.5 Å². The average molecular weight is 342 g/mol. The molecule has 0 radical (unpaired) electrons. The lowest BCUT2D eigenvalue weighted by Gasteiger charge is -2.32. The maximum Gasteiger partial charge on any atom is 0.491 e. The number of nitrogens with two attached hydrogens (primary N) is 2. The lowest BCUT2D eigenvalue weighted by molar-refractivity contribution is -0.137. The molecule has 1 aliphatic rings. The number of benzene rings is 1. The van der Waals surface area contributed by atoms with E-state index in [2.05, 4.69) is 0 Å². The predicted molar refractivity (Wildman–Crippen MR) is 89.0 cm³/mol. The van der Waals surface area contributed by atoms with Crippen LogP contribution in [0.4, 0.5) is 18.9 Å². The van der Waals surface area contributed by atoms with Gasteiger partial charge in [0.05, 0.1) is 16.8 Å². The molecule has 0 amide bonds. The zero-order valence-corrected chi connectivity index (χ0v) is 14.2. The van der Waals surface area contributed by atoms with Gasteiger partial charge in [-0.2, -0.15) is 13.2 Å². The van der Waals surface area contributed by atoms with Gasteiger partial charge in [0.1, 0.15) is 0 Å². The van der Waals surface area contributed by atoms with Crippen molar-refractivity contribution in [2.24, 2.45) is 5.73 Å². The summed E-state index contributed by atoms with van der Waals surface area (Å²) < 4.78 is 50.5. The first-order chi connectivity index (χ1) is 10.9. The molecule has 1 aromatic rings. The molecule has 0 aromatic heterocycles. The van der Waals surface area contributed by atoms with Crippen molar-refractivity contribution in [3.63, 3.8) is 0 Å². The fourth-order valence-electron chi connectivity index (χ4n) is 2.36. The first-order valence-electron chi connectivity index (χ1n) is 7.60. The van der Waals surface area contributed by atoms with Crippen LogP contribution in [0, 0.1) is 0 Å². The van der Waals surface area contributed by atoms with Crippen molar-refractivity contribution in [2.45, 2.75) is 45.1 Å². The summed E-state index contributed by atoms with van der Waals surface area (Å²) in [7, 11) is -0.712. The zero-order chi connectivity index (χ0) is 18.3. The molecule has 0 unspecified atom stereocenters. The lowest BCUT2D eigenvalue weighted by Crippen LogP contribution is -2.41. The fraction of sp³-hybridized carbons (Fsp3) is 0.500. The Kier molecular flexibility index (Phi) is 4.78. The lowest BCUT2D eigenvalue weighted by atomic mass is 9.77. The number of hydrogen-bond acceptors (Lipinski definition) is 4. The minimum atomic E-state index is -4.47.